The van der Waals surface area contributed by atoms with Crippen LogP contribution >= 0.6 is 38.2 Å². The lowest BCUT2D eigenvalue weighted by Gasteiger charge is -2.14. The van der Waals surface area contributed by atoms with Crippen molar-refractivity contribution in [2.24, 2.45) is 5.92 Å². The predicted molar refractivity (Wildman–Crippen MR) is 77.1 cm³/mol. The monoisotopic (exact) mass is 374 g/mol. The maximum atomic E-state index is 11.5. The summed E-state index contributed by atoms with van der Waals surface area (Å²) in [6.07, 6.45) is 0.928. The molecule has 7 heteroatoms. The van der Waals surface area contributed by atoms with Crippen molar-refractivity contribution in [3.63, 3.8) is 0 Å². The molecule has 1 rings (SSSR count). The summed E-state index contributed by atoms with van der Waals surface area (Å²) in [4.78, 5) is -0.119. The van der Waals surface area contributed by atoms with Crippen LogP contribution in [0.1, 0.15) is 20.3 Å². The van der Waals surface area contributed by atoms with E-state index in [0.29, 0.717) is 17.0 Å². The first kappa shape index (κ1) is 16.1. The molecular weight excluding hydrogens is 363 g/mol. The molecule has 0 aliphatic rings. The molecule has 0 aromatic heterocycles. The van der Waals surface area contributed by atoms with Crippen molar-refractivity contribution in [3.05, 3.63) is 21.6 Å². The fourth-order valence-electron chi connectivity index (χ4n) is 1.20. The van der Waals surface area contributed by atoms with E-state index in [0.717, 1.165) is 6.42 Å². The molecule has 0 spiro atoms. The summed E-state index contributed by atoms with van der Waals surface area (Å²) in [5.41, 5.74) is 0. The summed E-state index contributed by atoms with van der Waals surface area (Å²) >= 11 is 9.16. The molecule has 0 radical (unpaired) electrons. The summed E-state index contributed by atoms with van der Waals surface area (Å²) < 4.78 is 29.0. The van der Waals surface area contributed by atoms with Gasteiger partial charge in [0.1, 0.15) is 4.90 Å². The summed E-state index contributed by atoms with van der Waals surface area (Å²) in [6.45, 7) is 4.41. The molecule has 3 nitrogen and oxygen atoms in total. The molecule has 0 fully saturated rings. The molecular formula is C11H13BrCl2O3S. The van der Waals surface area contributed by atoms with E-state index < -0.39 is 9.05 Å². The van der Waals surface area contributed by atoms with Crippen molar-refractivity contribution in [2.45, 2.75) is 25.2 Å². The van der Waals surface area contributed by atoms with Crippen LogP contribution in [0.5, 0.6) is 5.75 Å². The zero-order valence-electron chi connectivity index (χ0n) is 9.91. The largest absolute Gasteiger partial charge is 0.490 e. The number of hydrogen-bond donors (Lipinski definition) is 0. The van der Waals surface area contributed by atoms with Gasteiger partial charge < -0.3 is 4.74 Å². The third kappa shape index (κ3) is 4.30. The van der Waals surface area contributed by atoms with Crippen molar-refractivity contribution >= 4 is 47.3 Å². The van der Waals surface area contributed by atoms with E-state index in [1.54, 1.807) is 6.07 Å². The zero-order valence-corrected chi connectivity index (χ0v) is 13.8. The van der Waals surface area contributed by atoms with Gasteiger partial charge in [0.2, 0.25) is 0 Å². The maximum absolute atomic E-state index is 11.5. The SMILES string of the molecule is CCC(C)COc1c(Cl)cc(Br)cc1S(=O)(=O)Cl. The second kappa shape index (κ2) is 6.46. The molecule has 0 bridgehead atoms. The molecule has 0 aliphatic carbocycles. The predicted octanol–water partition coefficient (Wildman–Crippen LogP) is 4.45. The molecule has 1 aromatic rings. The molecule has 0 saturated carbocycles. The normalized spacial score (nSPS) is 13.4. The van der Waals surface area contributed by atoms with Gasteiger partial charge in [-0.15, -0.1) is 0 Å². The van der Waals surface area contributed by atoms with Gasteiger partial charge in [-0.25, -0.2) is 8.42 Å². The van der Waals surface area contributed by atoms with Crippen LogP contribution in [0, 0.1) is 5.92 Å². The average molecular weight is 376 g/mol. The quantitative estimate of drug-likeness (QED) is 0.713. The van der Waals surface area contributed by atoms with E-state index in [4.69, 9.17) is 27.0 Å². The van der Waals surface area contributed by atoms with E-state index in [1.165, 1.54) is 6.07 Å². The Balaban J connectivity index is 3.17. The van der Waals surface area contributed by atoms with Crippen LogP contribution in [0.3, 0.4) is 0 Å². The van der Waals surface area contributed by atoms with Gasteiger partial charge in [0.15, 0.2) is 5.75 Å². The molecule has 102 valence electrons. The summed E-state index contributed by atoms with van der Waals surface area (Å²) in [5.74, 6) is 0.408. The van der Waals surface area contributed by atoms with Crippen LogP contribution in [0.15, 0.2) is 21.5 Å². The third-order valence-electron chi connectivity index (χ3n) is 2.45. The van der Waals surface area contributed by atoms with Gasteiger partial charge in [-0.3, -0.25) is 0 Å². The van der Waals surface area contributed by atoms with E-state index in [-0.39, 0.29) is 15.7 Å². The molecule has 1 atom stereocenters. The Morgan fingerprint density at radius 1 is 1.44 bits per heavy atom. The fraction of sp³-hybridized carbons (Fsp3) is 0.455. The first-order chi connectivity index (χ1) is 8.25. The van der Waals surface area contributed by atoms with Crippen molar-refractivity contribution in [2.75, 3.05) is 6.61 Å². The van der Waals surface area contributed by atoms with Crippen LogP contribution < -0.4 is 4.74 Å². The minimum Gasteiger partial charge on any atom is -0.490 e. The third-order valence-corrected chi connectivity index (χ3v) is 4.51. The Morgan fingerprint density at radius 3 is 2.56 bits per heavy atom. The topological polar surface area (TPSA) is 43.4 Å². The van der Waals surface area contributed by atoms with E-state index in [2.05, 4.69) is 15.9 Å². The molecule has 0 amide bonds. The van der Waals surface area contributed by atoms with Crippen LogP contribution in [0.4, 0.5) is 0 Å². The highest BCUT2D eigenvalue weighted by Crippen LogP contribution is 2.37. The minimum atomic E-state index is -3.90. The molecule has 0 N–H and O–H groups in total. The van der Waals surface area contributed by atoms with E-state index in [9.17, 15) is 8.42 Å². The first-order valence-electron chi connectivity index (χ1n) is 5.32. The van der Waals surface area contributed by atoms with Gasteiger partial charge in [-0.1, -0.05) is 47.8 Å². The molecule has 0 heterocycles. The summed E-state index contributed by atoms with van der Waals surface area (Å²) in [7, 11) is 1.47. The molecule has 1 unspecified atom stereocenters. The van der Waals surface area contributed by atoms with Crippen molar-refractivity contribution < 1.29 is 13.2 Å². The van der Waals surface area contributed by atoms with Gasteiger partial charge in [-0.05, 0) is 18.1 Å². The number of rotatable bonds is 5. The molecule has 0 aliphatic heterocycles. The van der Waals surface area contributed by atoms with Crippen molar-refractivity contribution in [3.8, 4) is 5.75 Å². The standard InChI is InChI=1S/C11H13BrCl2O3S/c1-3-7(2)6-17-11-9(13)4-8(12)5-10(11)18(14,15)16/h4-5,7H,3,6H2,1-2H3. The average Bonchev–Trinajstić information content (AvgIpc) is 2.25. The van der Waals surface area contributed by atoms with Crippen LogP contribution in [-0.2, 0) is 9.05 Å². The lowest BCUT2D eigenvalue weighted by atomic mass is 10.1. The number of hydrogen-bond acceptors (Lipinski definition) is 3. The van der Waals surface area contributed by atoms with Crippen LogP contribution in [-0.4, -0.2) is 15.0 Å². The number of ether oxygens (including phenoxy) is 1. The lowest BCUT2D eigenvalue weighted by molar-refractivity contribution is 0.251. The Morgan fingerprint density at radius 2 is 2.06 bits per heavy atom. The minimum absolute atomic E-state index is 0.107. The number of benzene rings is 1. The Labute approximate surface area is 125 Å². The van der Waals surface area contributed by atoms with Crippen LogP contribution in [0.2, 0.25) is 5.02 Å². The summed E-state index contributed by atoms with van der Waals surface area (Å²) in [5, 5.41) is 0.215. The fourth-order valence-corrected chi connectivity index (χ4v) is 3.27. The Kier molecular flexibility index (Phi) is 5.77. The lowest BCUT2D eigenvalue weighted by Crippen LogP contribution is -2.09. The summed E-state index contributed by atoms with van der Waals surface area (Å²) in [6, 6.07) is 2.94. The number of halogens is 3. The maximum Gasteiger partial charge on any atom is 0.265 e. The zero-order chi connectivity index (χ0) is 13.9. The second-order valence-electron chi connectivity index (χ2n) is 3.98. The van der Waals surface area contributed by atoms with Gasteiger partial charge in [0.05, 0.1) is 11.6 Å². The highest BCUT2D eigenvalue weighted by molar-refractivity contribution is 9.10. The molecule has 1 aromatic carbocycles. The van der Waals surface area contributed by atoms with Crippen molar-refractivity contribution in [1.82, 2.24) is 0 Å². The highest BCUT2D eigenvalue weighted by atomic mass is 79.9. The van der Waals surface area contributed by atoms with Crippen LogP contribution in [0.25, 0.3) is 0 Å². The van der Waals surface area contributed by atoms with E-state index in [1.807, 2.05) is 13.8 Å². The van der Waals surface area contributed by atoms with Gasteiger partial charge >= 0.3 is 0 Å². The molecule has 18 heavy (non-hydrogen) atoms. The Bertz CT molecular complexity index is 531. The van der Waals surface area contributed by atoms with Gasteiger partial charge in [0, 0.05) is 15.2 Å². The van der Waals surface area contributed by atoms with E-state index >= 15 is 0 Å². The van der Waals surface area contributed by atoms with Crippen molar-refractivity contribution in [1.29, 1.82) is 0 Å². The first-order valence-corrected chi connectivity index (χ1v) is 8.80. The smallest absolute Gasteiger partial charge is 0.265 e. The highest BCUT2D eigenvalue weighted by Gasteiger charge is 2.21. The van der Waals surface area contributed by atoms with Gasteiger partial charge in [-0.2, -0.15) is 0 Å². The Hall–Kier alpha value is 0.0300. The van der Waals surface area contributed by atoms with Gasteiger partial charge in [0.25, 0.3) is 9.05 Å². The second-order valence-corrected chi connectivity index (χ2v) is 7.83. The molecule has 0 saturated heterocycles.